The summed E-state index contributed by atoms with van der Waals surface area (Å²) in [6.45, 7) is 4.83. The molecule has 2 fully saturated rings. The molecule has 1 aliphatic carbocycles. The number of rotatable bonds is 7. The molecule has 1 aliphatic heterocycles. The maximum absolute atomic E-state index is 12.5. The van der Waals surface area contributed by atoms with Gasteiger partial charge in [-0.2, -0.15) is 0 Å². The zero-order valence-electron chi connectivity index (χ0n) is 19.9. The number of aryl methyl sites for hydroxylation is 1. The summed E-state index contributed by atoms with van der Waals surface area (Å²) in [5, 5.41) is 3.75. The average molecular weight is 473 g/mol. The summed E-state index contributed by atoms with van der Waals surface area (Å²) in [7, 11) is 0. The predicted octanol–water partition coefficient (Wildman–Crippen LogP) is 7.30. The summed E-state index contributed by atoms with van der Waals surface area (Å²) in [4.78, 5) is 15.2. The first kappa shape index (κ1) is 23.1. The van der Waals surface area contributed by atoms with Crippen molar-refractivity contribution in [3.8, 4) is 11.1 Å². The predicted molar refractivity (Wildman–Crippen MR) is 141 cm³/mol. The molecule has 0 radical (unpaired) electrons. The Morgan fingerprint density at radius 2 is 1.50 bits per heavy atom. The van der Waals surface area contributed by atoms with E-state index >= 15 is 0 Å². The Bertz CT molecular complexity index is 1110. The minimum atomic E-state index is 0.0458. The number of benzene rings is 3. The molecule has 1 heterocycles. The first-order chi connectivity index (χ1) is 16.5. The van der Waals surface area contributed by atoms with Gasteiger partial charge < -0.3 is 5.32 Å². The van der Waals surface area contributed by atoms with Crippen LogP contribution >= 0.6 is 11.6 Å². The number of nitrogens with one attached hydrogen (secondary N) is 1. The molecule has 0 aromatic heterocycles. The summed E-state index contributed by atoms with van der Waals surface area (Å²) in [5.74, 6) is 0.909. The summed E-state index contributed by atoms with van der Waals surface area (Å²) in [6, 6.07) is 24.8. The van der Waals surface area contributed by atoms with Gasteiger partial charge in [0.2, 0.25) is 5.91 Å². The van der Waals surface area contributed by atoms with Crippen molar-refractivity contribution in [2.24, 2.45) is 5.92 Å². The molecule has 1 saturated heterocycles. The van der Waals surface area contributed by atoms with Crippen LogP contribution in [0.5, 0.6) is 0 Å². The second kappa shape index (κ2) is 9.93. The standard InChI is InChI=1S/C30H33ClN2O/c1-22-16-20-33(21-17-22)30(18-19-30)26-9-2-23(3-10-26)4-15-29(34)32-28-13-7-25(8-14-28)24-5-11-27(31)12-6-24/h2-3,5-14,22H,4,15-21H2,1H3,(H,32,34). The van der Waals surface area contributed by atoms with E-state index in [0.717, 1.165) is 34.2 Å². The Kier molecular flexibility index (Phi) is 6.76. The number of hydrogen-bond donors (Lipinski definition) is 1. The number of amides is 1. The van der Waals surface area contributed by atoms with Crippen LogP contribution in [0, 0.1) is 5.92 Å². The van der Waals surface area contributed by atoms with Gasteiger partial charge >= 0.3 is 0 Å². The Morgan fingerprint density at radius 1 is 0.912 bits per heavy atom. The summed E-state index contributed by atoms with van der Waals surface area (Å²) in [5.41, 5.74) is 5.99. The molecular formula is C30H33ClN2O. The average Bonchev–Trinajstić information content (AvgIpc) is 3.67. The number of carbonyl (C=O) groups is 1. The van der Waals surface area contributed by atoms with Gasteiger partial charge in [0.05, 0.1) is 0 Å². The van der Waals surface area contributed by atoms with Gasteiger partial charge in [0.1, 0.15) is 0 Å². The van der Waals surface area contributed by atoms with E-state index in [1.807, 2.05) is 48.5 Å². The van der Waals surface area contributed by atoms with Gasteiger partial charge in [0.15, 0.2) is 0 Å². The van der Waals surface area contributed by atoms with Crippen LogP contribution in [0.4, 0.5) is 5.69 Å². The van der Waals surface area contributed by atoms with Crippen molar-refractivity contribution in [1.82, 2.24) is 4.90 Å². The van der Waals surface area contributed by atoms with Crippen molar-refractivity contribution in [3.63, 3.8) is 0 Å². The van der Waals surface area contributed by atoms with E-state index in [4.69, 9.17) is 11.6 Å². The van der Waals surface area contributed by atoms with Crippen LogP contribution in [0.15, 0.2) is 72.8 Å². The molecule has 0 unspecified atom stereocenters. The van der Waals surface area contributed by atoms with E-state index in [2.05, 4.69) is 41.4 Å². The van der Waals surface area contributed by atoms with Gasteiger partial charge in [-0.15, -0.1) is 0 Å². The molecule has 0 spiro atoms. The minimum Gasteiger partial charge on any atom is -0.326 e. The molecule has 2 aliphatic rings. The lowest BCUT2D eigenvalue weighted by Gasteiger charge is -2.37. The van der Waals surface area contributed by atoms with E-state index in [1.54, 1.807) is 0 Å². The second-order valence-electron chi connectivity index (χ2n) is 10.0. The zero-order chi connectivity index (χ0) is 23.5. The van der Waals surface area contributed by atoms with Gasteiger partial charge in [-0.25, -0.2) is 0 Å². The van der Waals surface area contributed by atoms with Crippen LogP contribution in [-0.4, -0.2) is 23.9 Å². The third kappa shape index (κ3) is 5.21. The first-order valence-electron chi connectivity index (χ1n) is 12.5. The summed E-state index contributed by atoms with van der Waals surface area (Å²) < 4.78 is 0. The molecule has 1 saturated carbocycles. The molecule has 4 heteroatoms. The van der Waals surface area contributed by atoms with Gasteiger partial charge in [-0.05, 0) is 97.6 Å². The largest absolute Gasteiger partial charge is 0.326 e. The van der Waals surface area contributed by atoms with Crippen LogP contribution in [0.3, 0.4) is 0 Å². The van der Waals surface area contributed by atoms with Crippen molar-refractivity contribution in [2.45, 2.75) is 51.0 Å². The fourth-order valence-corrected chi connectivity index (χ4v) is 5.32. The van der Waals surface area contributed by atoms with Crippen molar-refractivity contribution in [3.05, 3.63) is 88.9 Å². The van der Waals surface area contributed by atoms with Crippen LogP contribution in [-0.2, 0) is 16.8 Å². The highest BCUT2D eigenvalue weighted by Gasteiger charge is 2.49. The Morgan fingerprint density at radius 3 is 2.09 bits per heavy atom. The van der Waals surface area contributed by atoms with Gasteiger partial charge in [0.25, 0.3) is 0 Å². The number of likely N-dealkylation sites (tertiary alicyclic amines) is 1. The normalized spacial score (nSPS) is 17.9. The highest BCUT2D eigenvalue weighted by Crippen LogP contribution is 2.52. The molecule has 0 bridgehead atoms. The fraction of sp³-hybridized carbons (Fsp3) is 0.367. The van der Waals surface area contributed by atoms with Crippen LogP contribution in [0.2, 0.25) is 5.02 Å². The molecule has 3 aromatic carbocycles. The molecular weight excluding hydrogens is 440 g/mol. The quantitative estimate of drug-likeness (QED) is 0.391. The number of carbonyl (C=O) groups excluding carboxylic acids is 1. The molecule has 5 rings (SSSR count). The van der Waals surface area contributed by atoms with Crippen LogP contribution < -0.4 is 5.32 Å². The minimum absolute atomic E-state index is 0.0458. The molecule has 3 nitrogen and oxygen atoms in total. The number of halogens is 1. The Labute approximate surface area is 208 Å². The third-order valence-corrected chi connectivity index (χ3v) is 7.84. The van der Waals surface area contributed by atoms with E-state index in [9.17, 15) is 4.79 Å². The molecule has 0 atom stereocenters. The van der Waals surface area contributed by atoms with Crippen LogP contribution in [0.1, 0.15) is 50.2 Å². The summed E-state index contributed by atoms with van der Waals surface area (Å²) in [6.07, 6.45) is 6.42. The Balaban J connectivity index is 1.13. The van der Waals surface area contributed by atoms with Crippen LogP contribution in [0.25, 0.3) is 11.1 Å². The monoisotopic (exact) mass is 472 g/mol. The SMILES string of the molecule is CC1CCN(C2(c3ccc(CCC(=O)Nc4ccc(-c5ccc(Cl)cc5)cc4)cc3)CC2)CC1. The van der Waals surface area contributed by atoms with Crippen molar-refractivity contribution < 1.29 is 4.79 Å². The molecule has 1 N–H and O–H groups in total. The molecule has 34 heavy (non-hydrogen) atoms. The lowest BCUT2D eigenvalue weighted by Crippen LogP contribution is -2.41. The zero-order valence-corrected chi connectivity index (χ0v) is 20.7. The first-order valence-corrected chi connectivity index (χ1v) is 12.9. The number of hydrogen-bond acceptors (Lipinski definition) is 2. The maximum atomic E-state index is 12.5. The van der Waals surface area contributed by atoms with Gasteiger partial charge in [-0.1, -0.05) is 67.1 Å². The number of anilines is 1. The van der Waals surface area contributed by atoms with Gasteiger partial charge in [-0.3, -0.25) is 9.69 Å². The van der Waals surface area contributed by atoms with E-state index < -0.39 is 0 Å². The lowest BCUT2D eigenvalue weighted by atomic mass is 9.94. The Hall–Kier alpha value is -2.62. The maximum Gasteiger partial charge on any atom is 0.224 e. The molecule has 176 valence electrons. The van der Waals surface area contributed by atoms with E-state index in [0.29, 0.717) is 6.42 Å². The highest BCUT2D eigenvalue weighted by molar-refractivity contribution is 6.30. The van der Waals surface area contributed by atoms with E-state index in [1.165, 1.54) is 49.9 Å². The molecule has 3 aromatic rings. The van der Waals surface area contributed by atoms with Crippen molar-refractivity contribution >= 4 is 23.2 Å². The lowest BCUT2D eigenvalue weighted by molar-refractivity contribution is -0.116. The van der Waals surface area contributed by atoms with Crippen molar-refractivity contribution in [1.29, 1.82) is 0 Å². The highest BCUT2D eigenvalue weighted by atomic mass is 35.5. The molecule has 1 amide bonds. The number of piperidine rings is 1. The van der Waals surface area contributed by atoms with E-state index in [-0.39, 0.29) is 11.4 Å². The van der Waals surface area contributed by atoms with Crippen molar-refractivity contribution in [2.75, 3.05) is 18.4 Å². The van der Waals surface area contributed by atoms with Gasteiger partial charge in [0, 0.05) is 22.7 Å². The third-order valence-electron chi connectivity index (χ3n) is 7.59. The number of nitrogens with zero attached hydrogens (tertiary/aromatic N) is 1. The topological polar surface area (TPSA) is 32.3 Å². The summed E-state index contributed by atoms with van der Waals surface area (Å²) >= 11 is 5.97. The second-order valence-corrected chi connectivity index (χ2v) is 10.5. The smallest absolute Gasteiger partial charge is 0.224 e. The fourth-order valence-electron chi connectivity index (χ4n) is 5.19.